The molecule has 0 aliphatic carbocycles. The number of ether oxygens (including phenoxy) is 2. The van der Waals surface area contributed by atoms with E-state index in [1.54, 1.807) is 31.2 Å². The molecule has 0 saturated heterocycles. The van der Waals surface area contributed by atoms with Crippen LogP contribution in [-0.4, -0.2) is 34.5 Å². The lowest BCUT2D eigenvalue weighted by Gasteiger charge is -2.08. The summed E-state index contributed by atoms with van der Waals surface area (Å²) in [7, 11) is 3.24. The molecule has 0 unspecified atom stereocenters. The molecule has 0 aliphatic rings. The van der Waals surface area contributed by atoms with Gasteiger partial charge in [-0.1, -0.05) is 11.3 Å². The molecule has 0 fully saturated rings. The second kappa shape index (κ2) is 7.10. The van der Waals surface area contributed by atoms with Gasteiger partial charge in [-0.25, -0.2) is 0 Å². The van der Waals surface area contributed by atoms with Crippen molar-refractivity contribution in [2.45, 2.75) is 26.9 Å². The molecule has 7 nitrogen and oxygen atoms in total. The lowest BCUT2D eigenvalue weighted by Crippen LogP contribution is -2.16. The molecule has 25 heavy (non-hydrogen) atoms. The number of thiazole rings is 1. The van der Waals surface area contributed by atoms with Gasteiger partial charge in [0.1, 0.15) is 21.7 Å². The summed E-state index contributed by atoms with van der Waals surface area (Å²) >= 11 is 1.40. The molecule has 0 atom stereocenters. The Morgan fingerprint density at radius 2 is 1.88 bits per heavy atom. The largest absolute Gasteiger partial charge is 0.495 e. The molecule has 0 spiro atoms. The summed E-state index contributed by atoms with van der Waals surface area (Å²) < 4.78 is 15.5. The van der Waals surface area contributed by atoms with Crippen LogP contribution in [0.3, 0.4) is 0 Å². The van der Waals surface area contributed by atoms with Crippen molar-refractivity contribution in [1.29, 1.82) is 0 Å². The average Bonchev–Trinajstić information content (AvgIpc) is 3.25. The molecule has 0 radical (unpaired) electrons. The van der Waals surface area contributed by atoms with Crippen LogP contribution >= 0.6 is 11.3 Å². The minimum Gasteiger partial charge on any atom is -0.495 e. The summed E-state index contributed by atoms with van der Waals surface area (Å²) in [6, 6.07) is 5.39. The number of hydrogen-bond donors (Lipinski definition) is 0. The van der Waals surface area contributed by atoms with Crippen molar-refractivity contribution in [1.82, 2.24) is 14.3 Å². The minimum atomic E-state index is -0.362. The third kappa shape index (κ3) is 3.05. The van der Waals surface area contributed by atoms with Crippen molar-refractivity contribution >= 4 is 27.5 Å². The predicted molar refractivity (Wildman–Crippen MR) is 96.4 cm³/mol. The van der Waals surface area contributed by atoms with Crippen LogP contribution in [0.2, 0.25) is 0 Å². The van der Waals surface area contributed by atoms with Gasteiger partial charge in [-0.3, -0.25) is 9.48 Å². The maximum Gasteiger partial charge on any atom is 0.300 e. The first-order valence-corrected chi connectivity index (χ1v) is 8.81. The number of fused-ring (bicyclic) bond motifs is 1. The fraction of sp³-hybridized carbons (Fsp3) is 0.353. The first-order chi connectivity index (χ1) is 12.1. The Labute approximate surface area is 149 Å². The summed E-state index contributed by atoms with van der Waals surface area (Å²) in [5, 5.41) is 4.22. The number of aromatic nitrogens is 3. The molecule has 1 amide bonds. The van der Waals surface area contributed by atoms with Gasteiger partial charge in [-0.15, -0.1) is 0 Å². The van der Waals surface area contributed by atoms with E-state index < -0.39 is 0 Å². The molecule has 0 aliphatic heterocycles. The average molecular weight is 360 g/mol. The van der Waals surface area contributed by atoms with Crippen LogP contribution in [0.25, 0.3) is 10.2 Å². The lowest BCUT2D eigenvalue weighted by molar-refractivity contribution is 0.0992. The van der Waals surface area contributed by atoms with E-state index in [2.05, 4.69) is 10.1 Å². The van der Waals surface area contributed by atoms with E-state index in [9.17, 15) is 4.79 Å². The number of methoxy groups -OCH3 is 2. The van der Waals surface area contributed by atoms with Crippen LogP contribution in [0, 0.1) is 0 Å². The Morgan fingerprint density at radius 1 is 1.16 bits per heavy atom. The maximum atomic E-state index is 12.5. The molecule has 2 heterocycles. The Balaban J connectivity index is 2.20. The topological polar surface area (TPSA) is 70.6 Å². The van der Waals surface area contributed by atoms with Gasteiger partial charge in [-0.2, -0.15) is 10.1 Å². The van der Waals surface area contributed by atoms with E-state index in [0.717, 1.165) is 21.7 Å². The second-order valence-electron chi connectivity index (χ2n) is 5.25. The predicted octanol–water partition coefficient (Wildman–Crippen LogP) is 2.70. The van der Waals surface area contributed by atoms with Crippen molar-refractivity contribution in [2.75, 3.05) is 14.2 Å². The minimum absolute atomic E-state index is 0.334. The zero-order chi connectivity index (χ0) is 18.0. The van der Waals surface area contributed by atoms with E-state index in [0.29, 0.717) is 23.6 Å². The first-order valence-electron chi connectivity index (χ1n) is 7.99. The quantitative estimate of drug-likeness (QED) is 0.701. The van der Waals surface area contributed by atoms with E-state index in [1.165, 1.54) is 11.3 Å². The molecule has 2 aromatic heterocycles. The fourth-order valence-corrected chi connectivity index (χ4v) is 3.83. The third-order valence-electron chi connectivity index (χ3n) is 3.89. The molecule has 0 N–H and O–H groups in total. The van der Waals surface area contributed by atoms with Gasteiger partial charge in [0.2, 0.25) is 0 Å². The number of hydrogen-bond acceptors (Lipinski definition) is 5. The second-order valence-corrected chi connectivity index (χ2v) is 6.23. The molecule has 0 bridgehead atoms. The van der Waals surface area contributed by atoms with Crippen molar-refractivity contribution in [3.05, 3.63) is 34.9 Å². The van der Waals surface area contributed by atoms with Crippen LogP contribution in [-0.2, 0) is 13.1 Å². The summed E-state index contributed by atoms with van der Waals surface area (Å²) in [4.78, 5) is 17.4. The number of rotatable bonds is 5. The highest BCUT2D eigenvalue weighted by Crippen LogP contribution is 2.35. The number of nitrogens with zero attached hydrogens (tertiary/aromatic N) is 4. The van der Waals surface area contributed by atoms with Crippen LogP contribution in [0.15, 0.2) is 29.4 Å². The number of carbonyl (C=O) groups excluding carboxylic acids is 1. The molecule has 1 aromatic carbocycles. The Hall–Kier alpha value is -2.61. The summed E-state index contributed by atoms with van der Waals surface area (Å²) in [5.41, 5.74) is 1.21. The SMILES string of the molecule is CCn1ccc(C(=O)N=c2sc3c(OC)ccc(OC)c3n2CC)n1. The smallest absolute Gasteiger partial charge is 0.300 e. The van der Waals surface area contributed by atoms with Crippen LogP contribution in [0.5, 0.6) is 11.5 Å². The summed E-state index contributed by atoms with van der Waals surface area (Å²) in [5.74, 6) is 1.09. The van der Waals surface area contributed by atoms with E-state index in [1.807, 2.05) is 30.5 Å². The Morgan fingerprint density at radius 3 is 2.48 bits per heavy atom. The van der Waals surface area contributed by atoms with Gasteiger partial charge in [-0.05, 0) is 32.0 Å². The fourth-order valence-electron chi connectivity index (χ4n) is 2.63. The molecular formula is C17H20N4O3S. The summed E-state index contributed by atoms with van der Waals surface area (Å²) in [6.45, 7) is 5.33. The first kappa shape index (κ1) is 17.2. The highest BCUT2D eigenvalue weighted by Gasteiger charge is 2.16. The highest BCUT2D eigenvalue weighted by molar-refractivity contribution is 7.16. The van der Waals surface area contributed by atoms with Gasteiger partial charge < -0.3 is 14.0 Å². The van der Waals surface area contributed by atoms with Crippen molar-refractivity contribution in [3.63, 3.8) is 0 Å². The van der Waals surface area contributed by atoms with Crippen molar-refractivity contribution < 1.29 is 14.3 Å². The maximum absolute atomic E-state index is 12.5. The van der Waals surface area contributed by atoms with Gasteiger partial charge in [0.15, 0.2) is 10.5 Å². The van der Waals surface area contributed by atoms with Gasteiger partial charge in [0.25, 0.3) is 5.91 Å². The molecule has 132 valence electrons. The third-order valence-corrected chi connectivity index (χ3v) is 4.98. The molecular weight excluding hydrogens is 340 g/mol. The summed E-state index contributed by atoms with van der Waals surface area (Å²) in [6.07, 6.45) is 1.77. The molecule has 3 aromatic rings. The Bertz CT molecular complexity index is 984. The highest BCUT2D eigenvalue weighted by atomic mass is 32.1. The normalized spacial score (nSPS) is 11.9. The Kier molecular flexibility index (Phi) is 4.89. The zero-order valence-electron chi connectivity index (χ0n) is 14.6. The lowest BCUT2D eigenvalue weighted by atomic mass is 10.3. The number of benzene rings is 1. The van der Waals surface area contributed by atoms with Crippen molar-refractivity contribution in [3.8, 4) is 11.5 Å². The number of carbonyl (C=O) groups is 1. The number of amides is 1. The van der Waals surface area contributed by atoms with Crippen molar-refractivity contribution in [2.24, 2.45) is 4.99 Å². The van der Waals surface area contributed by atoms with E-state index in [4.69, 9.17) is 9.47 Å². The van der Waals surface area contributed by atoms with Gasteiger partial charge in [0.05, 0.1) is 14.2 Å². The van der Waals surface area contributed by atoms with E-state index in [-0.39, 0.29) is 5.91 Å². The monoisotopic (exact) mass is 360 g/mol. The molecule has 0 saturated carbocycles. The van der Waals surface area contributed by atoms with Crippen LogP contribution in [0.4, 0.5) is 0 Å². The van der Waals surface area contributed by atoms with Crippen LogP contribution < -0.4 is 14.3 Å². The standard InChI is InChI=1S/C17H20N4O3S/c1-5-20-10-9-11(19-20)16(22)18-17-21(6-2)14-12(23-3)7-8-13(24-4)15(14)25-17/h7-10H,5-6H2,1-4H3. The van der Waals surface area contributed by atoms with Gasteiger partial charge >= 0.3 is 0 Å². The molecule has 3 rings (SSSR count). The van der Waals surface area contributed by atoms with E-state index >= 15 is 0 Å². The number of aryl methyl sites for hydroxylation is 2. The van der Waals surface area contributed by atoms with Gasteiger partial charge in [0, 0.05) is 19.3 Å². The van der Waals surface area contributed by atoms with Crippen LogP contribution in [0.1, 0.15) is 24.3 Å². The zero-order valence-corrected chi connectivity index (χ0v) is 15.5. The molecule has 8 heteroatoms.